The number of hydrogen-bond donors (Lipinski definition) is 2. The first-order chi connectivity index (χ1) is 14.7. The van der Waals surface area contributed by atoms with E-state index in [1.165, 1.54) is 41.8 Å². The van der Waals surface area contributed by atoms with Crippen LogP contribution in [0.2, 0.25) is 0 Å². The van der Waals surface area contributed by atoms with Crippen molar-refractivity contribution in [2.75, 3.05) is 25.0 Å². The minimum Gasteiger partial charge on any atom is -0.338 e. The van der Waals surface area contributed by atoms with Crippen molar-refractivity contribution in [2.24, 2.45) is 13.0 Å². The monoisotopic (exact) mass is 446 g/mol. The number of likely N-dealkylation sites (tertiary alicyclic amines) is 1. The fourth-order valence-corrected chi connectivity index (χ4v) is 4.62. The van der Waals surface area contributed by atoms with Gasteiger partial charge in [-0.1, -0.05) is 0 Å². The molecule has 1 aromatic heterocycles. The summed E-state index contributed by atoms with van der Waals surface area (Å²) in [5.41, 5.74) is 0.343. The molecule has 0 atom stereocenters. The highest BCUT2D eigenvalue weighted by atomic mass is 32.2. The number of sulfonamides is 1. The third-order valence-electron chi connectivity index (χ3n) is 5.30. The van der Waals surface area contributed by atoms with E-state index in [4.69, 9.17) is 0 Å². The Balaban J connectivity index is 1.54. The summed E-state index contributed by atoms with van der Waals surface area (Å²) in [6, 6.07) is 9.15. The molecule has 31 heavy (non-hydrogen) atoms. The summed E-state index contributed by atoms with van der Waals surface area (Å²) < 4.78 is 29.1. The van der Waals surface area contributed by atoms with Gasteiger partial charge in [0.25, 0.3) is 11.5 Å². The summed E-state index contributed by atoms with van der Waals surface area (Å²) in [6.07, 6.45) is 2.89. The number of amides is 2. The predicted octanol–water partition coefficient (Wildman–Crippen LogP) is 1.17. The van der Waals surface area contributed by atoms with Crippen LogP contribution in [0.5, 0.6) is 0 Å². The van der Waals surface area contributed by atoms with Gasteiger partial charge in [-0.15, -0.1) is 0 Å². The third-order valence-corrected chi connectivity index (χ3v) is 6.74. The number of carbonyl (C=O) groups is 2. The number of aromatic nitrogens is 1. The van der Waals surface area contributed by atoms with Gasteiger partial charge >= 0.3 is 0 Å². The normalized spacial score (nSPS) is 15.0. The maximum atomic E-state index is 12.7. The van der Waals surface area contributed by atoms with Crippen molar-refractivity contribution in [1.82, 2.24) is 14.2 Å². The van der Waals surface area contributed by atoms with Gasteiger partial charge in [-0.2, -0.15) is 0 Å². The van der Waals surface area contributed by atoms with E-state index < -0.39 is 10.0 Å². The first-order valence-electron chi connectivity index (χ1n) is 9.99. The topological polar surface area (TPSA) is 118 Å². The lowest BCUT2D eigenvalue weighted by molar-refractivity contribution is -0.114. The summed E-state index contributed by atoms with van der Waals surface area (Å²) in [6.45, 7) is 2.58. The molecule has 0 saturated carbocycles. The van der Waals surface area contributed by atoms with E-state index in [9.17, 15) is 22.8 Å². The fraction of sp³-hybridized carbons (Fsp3) is 0.381. The van der Waals surface area contributed by atoms with Gasteiger partial charge in [-0.25, -0.2) is 13.1 Å². The van der Waals surface area contributed by atoms with E-state index in [0.29, 0.717) is 31.6 Å². The number of piperidine rings is 1. The number of anilines is 1. The number of nitrogens with one attached hydrogen (secondary N) is 2. The molecule has 9 nitrogen and oxygen atoms in total. The van der Waals surface area contributed by atoms with Gasteiger partial charge in [0.2, 0.25) is 15.9 Å². The van der Waals surface area contributed by atoms with E-state index in [2.05, 4.69) is 10.0 Å². The fourth-order valence-electron chi connectivity index (χ4n) is 3.50. The van der Waals surface area contributed by atoms with Crippen molar-refractivity contribution >= 4 is 27.5 Å². The van der Waals surface area contributed by atoms with Crippen LogP contribution in [0.15, 0.2) is 52.3 Å². The van der Waals surface area contributed by atoms with Gasteiger partial charge < -0.3 is 14.8 Å². The van der Waals surface area contributed by atoms with Crippen molar-refractivity contribution in [3.8, 4) is 0 Å². The molecular weight excluding hydrogens is 420 g/mol. The molecule has 2 heterocycles. The highest BCUT2D eigenvalue weighted by Crippen LogP contribution is 2.19. The Morgan fingerprint density at radius 1 is 1.10 bits per heavy atom. The van der Waals surface area contributed by atoms with E-state index >= 15 is 0 Å². The molecule has 2 amide bonds. The Kier molecular flexibility index (Phi) is 6.91. The summed E-state index contributed by atoms with van der Waals surface area (Å²) in [5, 5.41) is 2.59. The largest absolute Gasteiger partial charge is 0.338 e. The number of carbonyl (C=O) groups excluding carboxylic acids is 2. The first kappa shape index (κ1) is 22.7. The van der Waals surface area contributed by atoms with Crippen LogP contribution in [0, 0.1) is 5.92 Å². The van der Waals surface area contributed by atoms with E-state index in [1.807, 2.05) is 0 Å². The number of aryl methyl sites for hydroxylation is 1. The quantitative estimate of drug-likeness (QED) is 0.691. The lowest BCUT2D eigenvalue weighted by Crippen LogP contribution is -2.43. The number of rotatable bonds is 6. The van der Waals surface area contributed by atoms with Crippen molar-refractivity contribution in [1.29, 1.82) is 0 Å². The van der Waals surface area contributed by atoms with Crippen molar-refractivity contribution < 1.29 is 18.0 Å². The Hall–Kier alpha value is -2.98. The van der Waals surface area contributed by atoms with E-state index in [1.54, 1.807) is 24.2 Å². The molecule has 2 aromatic rings. The molecule has 1 aromatic carbocycles. The molecule has 2 N–H and O–H groups in total. The molecule has 0 spiro atoms. The predicted molar refractivity (Wildman–Crippen MR) is 116 cm³/mol. The third kappa shape index (κ3) is 5.59. The van der Waals surface area contributed by atoms with Crippen LogP contribution >= 0.6 is 0 Å². The van der Waals surface area contributed by atoms with Crippen LogP contribution in [0.4, 0.5) is 5.69 Å². The Morgan fingerprint density at radius 3 is 2.35 bits per heavy atom. The second kappa shape index (κ2) is 9.44. The zero-order valence-electron chi connectivity index (χ0n) is 17.5. The average Bonchev–Trinajstić information content (AvgIpc) is 2.74. The minimum absolute atomic E-state index is 0.0936. The standard InChI is InChI=1S/C21H26N4O5S/c1-15(26)23-17-5-7-18(8-6-17)31(29,30)22-14-16-9-12-25(13-10-16)21(28)19-4-3-11-24(2)20(19)27/h3-8,11,16,22H,9-10,12-14H2,1-2H3,(H,23,26). The van der Waals surface area contributed by atoms with Crippen LogP contribution in [0.3, 0.4) is 0 Å². The maximum Gasteiger partial charge on any atom is 0.263 e. The summed E-state index contributed by atoms with van der Waals surface area (Å²) in [7, 11) is -2.07. The number of benzene rings is 1. The Labute approximate surface area is 181 Å². The molecule has 1 aliphatic heterocycles. The minimum atomic E-state index is -3.68. The molecule has 1 aliphatic rings. The first-order valence-corrected chi connectivity index (χ1v) is 11.5. The average molecular weight is 447 g/mol. The van der Waals surface area contributed by atoms with Crippen molar-refractivity contribution in [2.45, 2.75) is 24.7 Å². The summed E-state index contributed by atoms with van der Waals surface area (Å²) >= 11 is 0. The molecule has 0 unspecified atom stereocenters. The molecule has 1 fully saturated rings. The van der Waals surface area contributed by atoms with Crippen LogP contribution in [-0.4, -0.2) is 49.3 Å². The van der Waals surface area contributed by atoms with E-state index in [0.717, 1.165) is 0 Å². The second-order valence-electron chi connectivity index (χ2n) is 7.63. The highest BCUT2D eigenvalue weighted by molar-refractivity contribution is 7.89. The van der Waals surface area contributed by atoms with Crippen LogP contribution < -0.4 is 15.6 Å². The van der Waals surface area contributed by atoms with Gasteiger partial charge in [0.05, 0.1) is 4.90 Å². The van der Waals surface area contributed by atoms with Gasteiger partial charge in [0, 0.05) is 45.5 Å². The number of pyridine rings is 1. The van der Waals surface area contributed by atoms with Crippen molar-refractivity contribution in [3.05, 3.63) is 58.5 Å². The second-order valence-corrected chi connectivity index (χ2v) is 9.40. The maximum absolute atomic E-state index is 12.7. The van der Waals surface area contributed by atoms with Crippen LogP contribution in [0.1, 0.15) is 30.1 Å². The molecule has 0 bridgehead atoms. The Bertz CT molecular complexity index is 1120. The van der Waals surface area contributed by atoms with Gasteiger partial charge in [-0.05, 0) is 55.2 Å². The van der Waals surface area contributed by atoms with Gasteiger partial charge in [-0.3, -0.25) is 14.4 Å². The molecule has 1 saturated heterocycles. The molecule has 10 heteroatoms. The molecule has 166 valence electrons. The molecule has 0 aliphatic carbocycles. The van der Waals surface area contributed by atoms with Gasteiger partial charge in [0.1, 0.15) is 5.56 Å². The van der Waals surface area contributed by atoms with Crippen LogP contribution in [0.25, 0.3) is 0 Å². The highest BCUT2D eigenvalue weighted by Gasteiger charge is 2.26. The number of nitrogens with zero attached hydrogens (tertiary/aromatic N) is 2. The van der Waals surface area contributed by atoms with Gasteiger partial charge in [0.15, 0.2) is 0 Å². The van der Waals surface area contributed by atoms with E-state index in [-0.39, 0.29) is 40.3 Å². The molecule has 3 rings (SSSR count). The molecule has 0 radical (unpaired) electrons. The summed E-state index contributed by atoms with van der Waals surface area (Å²) in [4.78, 5) is 37.6. The zero-order chi connectivity index (χ0) is 22.6. The lowest BCUT2D eigenvalue weighted by Gasteiger charge is -2.32. The Morgan fingerprint density at radius 2 is 1.74 bits per heavy atom. The molecular formula is C21H26N4O5S. The smallest absolute Gasteiger partial charge is 0.263 e. The zero-order valence-corrected chi connectivity index (χ0v) is 18.3. The summed E-state index contributed by atoms with van der Waals surface area (Å²) in [5.74, 6) is -0.429. The number of hydrogen-bond acceptors (Lipinski definition) is 5. The SMILES string of the molecule is CC(=O)Nc1ccc(S(=O)(=O)NCC2CCN(C(=O)c3cccn(C)c3=O)CC2)cc1. The lowest BCUT2D eigenvalue weighted by atomic mass is 9.97. The van der Waals surface area contributed by atoms with Crippen LogP contribution in [-0.2, 0) is 21.9 Å². The van der Waals surface area contributed by atoms with Crippen molar-refractivity contribution in [3.63, 3.8) is 0 Å².